The Morgan fingerprint density at radius 1 is 1.13 bits per heavy atom. The van der Waals surface area contributed by atoms with Gasteiger partial charge in [-0.2, -0.15) is 0 Å². The quantitative estimate of drug-likeness (QED) is 0.792. The zero-order chi connectivity index (χ0) is 16.2. The highest BCUT2D eigenvalue weighted by molar-refractivity contribution is 5.55. The van der Waals surface area contributed by atoms with Crippen LogP contribution in [0.5, 0.6) is 0 Å². The van der Waals surface area contributed by atoms with E-state index < -0.39 is 0 Å². The molecular weight excluding hydrogens is 282 g/mol. The van der Waals surface area contributed by atoms with Crippen molar-refractivity contribution in [1.29, 1.82) is 0 Å². The molecule has 124 valence electrons. The predicted octanol–water partition coefficient (Wildman–Crippen LogP) is 2.99. The highest BCUT2D eigenvalue weighted by atomic mass is 15.2. The van der Waals surface area contributed by atoms with Crippen LogP contribution in [-0.2, 0) is 0 Å². The number of nitrogens with zero attached hydrogens (tertiary/aromatic N) is 3. The summed E-state index contributed by atoms with van der Waals surface area (Å²) in [4.78, 5) is 7.42. The van der Waals surface area contributed by atoms with E-state index >= 15 is 0 Å². The van der Waals surface area contributed by atoms with Gasteiger partial charge in [-0.3, -0.25) is 4.90 Å². The van der Waals surface area contributed by atoms with Crippen molar-refractivity contribution in [3.05, 3.63) is 29.8 Å². The molecule has 1 unspecified atom stereocenters. The normalized spacial score (nSPS) is 23.4. The van der Waals surface area contributed by atoms with Crippen molar-refractivity contribution < 1.29 is 0 Å². The number of piperidine rings is 1. The Morgan fingerprint density at radius 2 is 1.87 bits per heavy atom. The number of hydrogen-bond donors (Lipinski definition) is 0. The Morgan fingerprint density at radius 3 is 2.57 bits per heavy atom. The van der Waals surface area contributed by atoms with Crippen LogP contribution in [-0.4, -0.2) is 56.1 Å². The summed E-state index contributed by atoms with van der Waals surface area (Å²) in [6.07, 6.45) is 10.5. The third-order valence-corrected chi connectivity index (χ3v) is 5.49. The number of likely N-dealkylation sites (tertiary alicyclic amines) is 1. The van der Waals surface area contributed by atoms with E-state index in [-0.39, 0.29) is 0 Å². The summed E-state index contributed by atoms with van der Waals surface area (Å²) in [5.74, 6) is 2.83. The van der Waals surface area contributed by atoms with Crippen molar-refractivity contribution in [1.82, 2.24) is 9.80 Å². The smallest absolute Gasteiger partial charge is 0.0604 e. The topological polar surface area (TPSA) is 9.72 Å². The second-order valence-corrected chi connectivity index (χ2v) is 7.07. The molecule has 23 heavy (non-hydrogen) atoms. The minimum Gasteiger partial charge on any atom is -0.371 e. The standard InChI is InChI=1S/C20H29N3/c1-4-13-22-14-7-10-20(22)18-8-5-6-9-19(18)23-15-11-17(12-16-23)21(2)3/h1,5-6,8-9,17,20H,7,10-16H2,2-3H3. The van der Waals surface area contributed by atoms with Gasteiger partial charge in [-0.1, -0.05) is 24.1 Å². The van der Waals surface area contributed by atoms with Crippen LogP contribution in [0.15, 0.2) is 24.3 Å². The summed E-state index contributed by atoms with van der Waals surface area (Å²) < 4.78 is 0. The molecule has 0 amide bonds. The second-order valence-electron chi connectivity index (χ2n) is 7.07. The SMILES string of the molecule is C#CCN1CCCC1c1ccccc1N1CCC(N(C)C)CC1. The fraction of sp³-hybridized carbons (Fsp3) is 0.600. The van der Waals surface area contributed by atoms with Gasteiger partial charge in [0.1, 0.15) is 0 Å². The monoisotopic (exact) mass is 311 g/mol. The molecule has 2 aliphatic heterocycles. The van der Waals surface area contributed by atoms with Gasteiger partial charge in [0, 0.05) is 30.9 Å². The van der Waals surface area contributed by atoms with E-state index in [9.17, 15) is 0 Å². The van der Waals surface area contributed by atoms with Crippen molar-refractivity contribution in [3.63, 3.8) is 0 Å². The molecule has 3 heteroatoms. The molecule has 0 saturated carbocycles. The van der Waals surface area contributed by atoms with E-state index in [2.05, 4.69) is 59.0 Å². The first-order valence-corrected chi connectivity index (χ1v) is 8.88. The average molecular weight is 311 g/mol. The zero-order valence-electron chi connectivity index (χ0n) is 14.5. The van der Waals surface area contributed by atoms with Gasteiger partial charge in [-0.05, 0) is 58.0 Å². The first-order valence-electron chi connectivity index (χ1n) is 8.88. The molecule has 1 aromatic carbocycles. The fourth-order valence-corrected chi connectivity index (χ4v) is 4.17. The lowest BCUT2D eigenvalue weighted by atomic mass is 9.98. The van der Waals surface area contributed by atoms with Gasteiger partial charge < -0.3 is 9.80 Å². The molecule has 1 aromatic rings. The summed E-state index contributed by atoms with van der Waals surface area (Å²) in [7, 11) is 4.40. The van der Waals surface area contributed by atoms with Crippen LogP contribution in [0.3, 0.4) is 0 Å². The van der Waals surface area contributed by atoms with Crippen molar-refractivity contribution in [2.45, 2.75) is 37.8 Å². The number of hydrogen-bond acceptors (Lipinski definition) is 3. The van der Waals surface area contributed by atoms with Crippen molar-refractivity contribution in [2.75, 3.05) is 45.2 Å². The van der Waals surface area contributed by atoms with Crippen molar-refractivity contribution in [3.8, 4) is 12.3 Å². The number of anilines is 1. The molecular formula is C20H29N3. The summed E-state index contributed by atoms with van der Waals surface area (Å²) in [6.45, 7) is 4.21. The molecule has 0 spiro atoms. The lowest BCUT2D eigenvalue weighted by Crippen LogP contribution is -2.42. The van der Waals surface area contributed by atoms with E-state index in [1.807, 2.05) is 0 Å². The molecule has 0 aromatic heterocycles. The minimum absolute atomic E-state index is 0.494. The van der Waals surface area contributed by atoms with Crippen molar-refractivity contribution >= 4 is 5.69 Å². The molecule has 1 atom stereocenters. The Balaban J connectivity index is 1.78. The van der Waals surface area contributed by atoms with Gasteiger partial charge in [0.05, 0.1) is 6.54 Å². The number of para-hydroxylation sites is 1. The maximum atomic E-state index is 5.57. The molecule has 2 aliphatic rings. The van der Waals surface area contributed by atoms with Gasteiger partial charge >= 0.3 is 0 Å². The van der Waals surface area contributed by atoms with Crippen LogP contribution in [0.1, 0.15) is 37.3 Å². The molecule has 0 radical (unpaired) electrons. The number of benzene rings is 1. The molecule has 0 N–H and O–H groups in total. The Bertz CT molecular complexity index is 552. The highest BCUT2D eigenvalue weighted by Gasteiger charge is 2.29. The Hall–Kier alpha value is -1.50. The maximum absolute atomic E-state index is 5.57. The fourth-order valence-electron chi connectivity index (χ4n) is 4.17. The van der Waals surface area contributed by atoms with E-state index in [4.69, 9.17) is 6.42 Å². The van der Waals surface area contributed by atoms with E-state index in [1.165, 1.54) is 36.9 Å². The summed E-state index contributed by atoms with van der Waals surface area (Å²) in [5.41, 5.74) is 2.90. The van der Waals surface area contributed by atoms with E-state index in [1.54, 1.807) is 0 Å². The van der Waals surface area contributed by atoms with Gasteiger partial charge in [0.15, 0.2) is 0 Å². The second kappa shape index (κ2) is 7.38. The largest absolute Gasteiger partial charge is 0.371 e. The third kappa shape index (κ3) is 3.54. The number of terminal acetylenes is 1. The van der Waals surface area contributed by atoms with E-state index in [0.29, 0.717) is 6.04 Å². The first-order chi connectivity index (χ1) is 11.2. The van der Waals surface area contributed by atoms with Crippen LogP contribution in [0.2, 0.25) is 0 Å². The van der Waals surface area contributed by atoms with Crippen LogP contribution in [0.25, 0.3) is 0 Å². The summed E-state index contributed by atoms with van der Waals surface area (Å²) >= 11 is 0. The minimum atomic E-state index is 0.494. The average Bonchev–Trinajstić information content (AvgIpc) is 3.03. The summed E-state index contributed by atoms with van der Waals surface area (Å²) in [5, 5.41) is 0. The van der Waals surface area contributed by atoms with Crippen LogP contribution in [0, 0.1) is 12.3 Å². The van der Waals surface area contributed by atoms with E-state index in [0.717, 1.165) is 32.2 Å². The molecule has 3 nitrogen and oxygen atoms in total. The predicted molar refractivity (Wildman–Crippen MR) is 97.7 cm³/mol. The Labute approximate surface area is 141 Å². The van der Waals surface area contributed by atoms with Crippen LogP contribution < -0.4 is 4.90 Å². The Kier molecular flexibility index (Phi) is 5.25. The molecule has 3 rings (SSSR count). The van der Waals surface area contributed by atoms with Crippen molar-refractivity contribution in [2.24, 2.45) is 0 Å². The maximum Gasteiger partial charge on any atom is 0.0604 e. The lowest BCUT2D eigenvalue weighted by molar-refractivity contribution is 0.249. The molecule has 0 bridgehead atoms. The highest BCUT2D eigenvalue weighted by Crippen LogP contribution is 2.37. The number of rotatable bonds is 4. The van der Waals surface area contributed by atoms with Gasteiger partial charge in [0.25, 0.3) is 0 Å². The first kappa shape index (κ1) is 16.4. The molecule has 0 aliphatic carbocycles. The zero-order valence-corrected chi connectivity index (χ0v) is 14.5. The van der Waals surface area contributed by atoms with Gasteiger partial charge in [0.2, 0.25) is 0 Å². The third-order valence-electron chi connectivity index (χ3n) is 5.49. The lowest BCUT2D eigenvalue weighted by Gasteiger charge is -2.38. The van der Waals surface area contributed by atoms with Gasteiger partial charge in [-0.25, -0.2) is 0 Å². The van der Waals surface area contributed by atoms with Crippen LogP contribution >= 0.6 is 0 Å². The molecule has 2 heterocycles. The molecule has 2 saturated heterocycles. The molecule has 2 fully saturated rings. The van der Waals surface area contributed by atoms with Crippen LogP contribution in [0.4, 0.5) is 5.69 Å². The van der Waals surface area contributed by atoms with Gasteiger partial charge in [-0.15, -0.1) is 6.42 Å². The summed E-state index contributed by atoms with van der Waals surface area (Å²) in [6, 6.07) is 10.2.